The van der Waals surface area contributed by atoms with E-state index < -0.39 is 12.2 Å². The first-order chi connectivity index (χ1) is 14.9. The van der Waals surface area contributed by atoms with Crippen molar-refractivity contribution in [1.82, 2.24) is 5.32 Å². The molecule has 2 N–H and O–H groups in total. The van der Waals surface area contributed by atoms with Gasteiger partial charge in [0, 0.05) is 23.9 Å². The summed E-state index contributed by atoms with van der Waals surface area (Å²) in [7, 11) is 1.70. The lowest BCUT2D eigenvalue weighted by atomic mass is 10.0. The third kappa shape index (κ3) is 4.33. The number of carbonyl (C=O) groups excluding carboxylic acids is 2. The van der Waals surface area contributed by atoms with Gasteiger partial charge < -0.3 is 15.5 Å². The van der Waals surface area contributed by atoms with E-state index in [-0.39, 0.29) is 5.91 Å². The number of hydrogen-bond acceptors (Lipinski definition) is 3. The Balaban J connectivity index is 1.68. The molecule has 0 bridgehead atoms. The van der Waals surface area contributed by atoms with Gasteiger partial charge in [0.15, 0.2) is 0 Å². The van der Waals surface area contributed by atoms with Gasteiger partial charge >= 0.3 is 6.03 Å². The molecule has 1 aliphatic rings. The van der Waals surface area contributed by atoms with E-state index in [9.17, 15) is 9.59 Å². The quantitative estimate of drug-likeness (QED) is 0.674. The van der Waals surface area contributed by atoms with Crippen molar-refractivity contribution in [3.05, 3.63) is 95.1 Å². The molecule has 0 saturated heterocycles. The minimum absolute atomic E-state index is 0.311. The summed E-state index contributed by atoms with van der Waals surface area (Å²) in [6.07, 6.45) is -1.06. The van der Waals surface area contributed by atoms with Crippen LogP contribution in [0.25, 0.3) is 0 Å². The molecule has 0 radical (unpaired) electrons. The van der Waals surface area contributed by atoms with Gasteiger partial charge in [0.2, 0.25) is 6.17 Å². The van der Waals surface area contributed by atoms with Crippen molar-refractivity contribution in [2.45, 2.75) is 20.0 Å². The Kier molecular flexibility index (Phi) is 5.54. The molecule has 0 saturated carbocycles. The number of anilines is 2. The normalized spacial score (nSPS) is 15.6. The molecule has 1 heterocycles. The van der Waals surface area contributed by atoms with E-state index in [0.29, 0.717) is 11.4 Å². The van der Waals surface area contributed by atoms with Gasteiger partial charge in [-0.25, -0.2) is 9.79 Å². The van der Waals surface area contributed by atoms with Crippen LogP contribution in [0.15, 0.2) is 77.8 Å². The van der Waals surface area contributed by atoms with Crippen molar-refractivity contribution >= 4 is 29.0 Å². The van der Waals surface area contributed by atoms with Gasteiger partial charge in [-0.15, -0.1) is 0 Å². The number of hydrogen-bond donors (Lipinski definition) is 2. The molecule has 6 nitrogen and oxygen atoms in total. The summed E-state index contributed by atoms with van der Waals surface area (Å²) in [5.74, 6) is -0.311. The van der Waals surface area contributed by atoms with Crippen LogP contribution in [0.1, 0.15) is 22.3 Å². The molecule has 1 unspecified atom stereocenters. The van der Waals surface area contributed by atoms with E-state index in [1.54, 1.807) is 7.05 Å². The van der Waals surface area contributed by atoms with Crippen LogP contribution in [0.5, 0.6) is 0 Å². The number of rotatable bonds is 3. The molecule has 4 rings (SSSR count). The fourth-order valence-electron chi connectivity index (χ4n) is 3.78. The van der Waals surface area contributed by atoms with E-state index in [0.717, 1.165) is 27.9 Å². The zero-order chi connectivity index (χ0) is 22.0. The minimum Gasteiger partial charge on any atom is -0.311 e. The highest BCUT2D eigenvalue weighted by molar-refractivity contribution is 6.20. The van der Waals surface area contributed by atoms with Crippen molar-refractivity contribution in [3.8, 4) is 0 Å². The Labute approximate surface area is 181 Å². The van der Waals surface area contributed by atoms with Crippen LogP contribution < -0.4 is 15.5 Å². The Morgan fingerprint density at radius 2 is 1.58 bits per heavy atom. The summed E-state index contributed by atoms with van der Waals surface area (Å²) < 4.78 is 0. The number of benzodiazepines with no additional fused rings is 1. The number of urea groups is 1. The molecule has 156 valence electrons. The maximum Gasteiger partial charge on any atom is 0.321 e. The number of aryl methyl sites for hydroxylation is 2. The monoisotopic (exact) mass is 412 g/mol. The Hall–Kier alpha value is -3.93. The average molecular weight is 412 g/mol. The van der Waals surface area contributed by atoms with Crippen LogP contribution in [0, 0.1) is 13.8 Å². The smallest absolute Gasteiger partial charge is 0.311 e. The number of amides is 3. The fourth-order valence-corrected chi connectivity index (χ4v) is 3.78. The van der Waals surface area contributed by atoms with Gasteiger partial charge in [-0.3, -0.25) is 4.79 Å². The highest BCUT2D eigenvalue weighted by atomic mass is 16.2. The van der Waals surface area contributed by atoms with Crippen LogP contribution in [-0.2, 0) is 4.79 Å². The average Bonchev–Trinajstić information content (AvgIpc) is 2.84. The number of nitrogens with one attached hydrogen (secondary N) is 2. The highest BCUT2D eigenvalue weighted by Gasteiger charge is 2.30. The topological polar surface area (TPSA) is 73.8 Å². The summed E-state index contributed by atoms with van der Waals surface area (Å²) in [4.78, 5) is 32.1. The maximum atomic E-state index is 13.2. The lowest BCUT2D eigenvalue weighted by molar-refractivity contribution is -0.119. The third-order valence-electron chi connectivity index (χ3n) is 5.14. The van der Waals surface area contributed by atoms with Gasteiger partial charge in [0.25, 0.3) is 5.91 Å². The first kappa shape index (κ1) is 20.3. The minimum atomic E-state index is -1.06. The van der Waals surface area contributed by atoms with Crippen molar-refractivity contribution in [1.29, 1.82) is 0 Å². The number of aliphatic imine (C=N–C) groups is 1. The molecule has 0 fully saturated rings. The molecule has 1 aliphatic heterocycles. The summed E-state index contributed by atoms with van der Waals surface area (Å²) in [5, 5.41) is 5.54. The van der Waals surface area contributed by atoms with Crippen LogP contribution in [0.2, 0.25) is 0 Å². The summed E-state index contributed by atoms with van der Waals surface area (Å²) in [6, 6.07) is 22.6. The Morgan fingerprint density at radius 1 is 0.935 bits per heavy atom. The Bertz CT molecular complexity index is 1150. The van der Waals surface area contributed by atoms with Gasteiger partial charge in [0.1, 0.15) is 0 Å². The predicted octanol–water partition coefficient (Wildman–Crippen LogP) is 4.27. The zero-order valence-corrected chi connectivity index (χ0v) is 17.7. The van der Waals surface area contributed by atoms with E-state index in [1.165, 1.54) is 4.90 Å². The molecule has 1 atom stereocenters. The van der Waals surface area contributed by atoms with E-state index >= 15 is 0 Å². The summed E-state index contributed by atoms with van der Waals surface area (Å²) in [5.41, 5.74) is 5.86. The summed E-state index contributed by atoms with van der Waals surface area (Å²) in [6.45, 7) is 3.93. The molecular formula is C25H24N4O2. The number of nitrogens with zero attached hydrogens (tertiary/aromatic N) is 2. The molecule has 6 heteroatoms. The zero-order valence-electron chi connectivity index (χ0n) is 17.7. The maximum absolute atomic E-state index is 13.2. The largest absolute Gasteiger partial charge is 0.321 e. The van der Waals surface area contributed by atoms with E-state index in [1.807, 2.05) is 86.6 Å². The number of carbonyl (C=O) groups is 2. The van der Waals surface area contributed by atoms with Crippen LogP contribution in [0.3, 0.4) is 0 Å². The molecule has 3 amide bonds. The molecule has 0 aliphatic carbocycles. The van der Waals surface area contributed by atoms with E-state index in [2.05, 4.69) is 15.6 Å². The first-order valence-electron chi connectivity index (χ1n) is 10.1. The molecule has 3 aromatic rings. The molecule has 31 heavy (non-hydrogen) atoms. The number of fused-ring (bicyclic) bond motifs is 1. The standard InChI is InChI=1S/C25H24N4O2/c1-16-13-17(2)15-19(14-16)26-25(31)28-23-24(30)29(3)21-12-8-7-11-20(21)22(27-23)18-9-5-4-6-10-18/h4-15,23H,1-3H3,(H2,26,28,31). The molecule has 0 spiro atoms. The number of likely N-dealkylation sites (N-methyl/N-ethyl adjacent to an activating group) is 1. The van der Waals surface area contributed by atoms with Gasteiger partial charge in [0.05, 0.1) is 11.4 Å². The van der Waals surface area contributed by atoms with E-state index in [4.69, 9.17) is 0 Å². The van der Waals surface area contributed by atoms with Gasteiger partial charge in [-0.2, -0.15) is 0 Å². The number of benzene rings is 3. The third-order valence-corrected chi connectivity index (χ3v) is 5.14. The lowest BCUT2D eigenvalue weighted by Gasteiger charge is -2.21. The number of para-hydroxylation sites is 1. The highest BCUT2D eigenvalue weighted by Crippen LogP contribution is 2.27. The molecular weight excluding hydrogens is 388 g/mol. The SMILES string of the molecule is Cc1cc(C)cc(NC(=O)NC2N=C(c3ccccc3)c3ccccc3N(C)C2=O)c1. The van der Waals surface area contributed by atoms with Crippen LogP contribution in [0.4, 0.5) is 16.2 Å². The van der Waals surface area contributed by atoms with Gasteiger partial charge in [-0.1, -0.05) is 54.6 Å². The van der Waals surface area contributed by atoms with Crippen molar-refractivity contribution in [2.75, 3.05) is 17.3 Å². The lowest BCUT2D eigenvalue weighted by Crippen LogP contribution is -2.47. The van der Waals surface area contributed by atoms with Crippen LogP contribution >= 0.6 is 0 Å². The molecule has 0 aromatic heterocycles. The van der Waals surface area contributed by atoms with Crippen molar-refractivity contribution < 1.29 is 9.59 Å². The van der Waals surface area contributed by atoms with Crippen LogP contribution in [-0.4, -0.2) is 30.9 Å². The fraction of sp³-hybridized carbons (Fsp3) is 0.160. The second kappa shape index (κ2) is 8.44. The Morgan fingerprint density at radius 3 is 2.29 bits per heavy atom. The molecule has 3 aromatic carbocycles. The summed E-state index contributed by atoms with van der Waals surface area (Å²) >= 11 is 0. The first-order valence-corrected chi connectivity index (χ1v) is 10.1. The predicted molar refractivity (Wildman–Crippen MR) is 124 cm³/mol. The van der Waals surface area contributed by atoms with Gasteiger partial charge in [-0.05, 0) is 43.2 Å². The van der Waals surface area contributed by atoms with Crippen molar-refractivity contribution in [3.63, 3.8) is 0 Å². The second-order valence-corrected chi connectivity index (χ2v) is 7.64. The second-order valence-electron chi connectivity index (χ2n) is 7.64. The van der Waals surface area contributed by atoms with Crippen molar-refractivity contribution in [2.24, 2.45) is 4.99 Å².